The van der Waals surface area contributed by atoms with E-state index in [9.17, 15) is 9.90 Å². The molecule has 2 N–H and O–H groups in total. The molecule has 0 saturated carbocycles. The number of rotatable bonds is 6. The van der Waals surface area contributed by atoms with Gasteiger partial charge in [0.15, 0.2) is 0 Å². The number of amides is 1. The molecule has 2 rings (SSSR count). The third-order valence-corrected chi connectivity index (χ3v) is 3.83. The summed E-state index contributed by atoms with van der Waals surface area (Å²) in [6.07, 6.45) is -0.648. The fourth-order valence-corrected chi connectivity index (χ4v) is 2.45. The van der Waals surface area contributed by atoms with Crippen molar-refractivity contribution in [3.8, 4) is 0 Å². The molecule has 0 radical (unpaired) electrons. The van der Waals surface area contributed by atoms with Crippen molar-refractivity contribution >= 4 is 5.91 Å². The second kappa shape index (κ2) is 8.12. The Bertz CT molecular complexity index is 432. The Labute approximate surface area is 125 Å². The van der Waals surface area contributed by atoms with Gasteiger partial charge in [-0.15, -0.1) is 0 Å². The Morgan fingerprint density at radius 2 is 2.00 bits per heavy atom. The molecule has 0 spiro atoms. The summed E-state index contributed by atoms with van der Waals surface area (Å²) in [5.41, 5.74) is 0.772. The van der Waals surface area contributed by atoms with Gasteiger partial charge >= 0.3 is 0 Å². The first kappa shape index (κ1) is 15.9. The number of carbonyl (C=O) groups excluding carboxylic acids is 1. The first-order chi connectivity index (χ1) is 10.2. The minimum atomic E-state index is -0.745. The van der Waals surface area contributed by atoms with Crippen LogP contribution in [0.4, 0.5) is 0 Å². The van der Waals surface area contributed by atoms with Gasteiger partial charge in [-0.3, -0.25) is 9.69 Å². The number of aliphatic hydroxyl groups excluding tert-OH is 1. The normalized spacial score (nSPS) is 19.0. The van der Waals surface area contributed by atoms with E-state index in [1.807, 2.05) is 30.3 Å². The van der Waals surface area contributed by atoms with E-state index < -0.39 is 6.10 Å². The van der Waals surface area contributed by atoms with Crippen LogP contribution in [-0.4, -0.2) is 54.8 Å². The molecule has 1 aromatic carbocycles. The number of nitrogens with one attached hydrogen (secondary N) is 1. The minimum Gasteiger partial charge on any atom is -0.388 e. The van der Waals surface area contributed by atoms with E-state index in [-0.39, 0.29) is 18.4 Å². The zero-order valence-electron chi connectivity index (χ0n) is 12.5. The summed E-state index contributed by atoms with van der Waals surface area (Å²) in [6, 6.07) is 9.54. The number of nitrogens with zero attached hydrogens (tertiary/aromatic N) is 1. The highest BCUT2D eigenvalue weighted by molar-refractivity contribution is 5.76. The van der Waals surface area contributed by atoms with Gasteiger partial charge in [-0.1, -0.05) is 30.3 Å². The molecule has 1 aromatic rings. The SMILES string of the molecule is CC(CNC(=O)CC(O)c1ccccc1)N1CCOCC1. The zero-order valence-corrected chi connectivity index (χ0v) is 12.5. The molecule has 5 heteroatoms. The van der Waals surface area contributed by atoms with E-state index in [1.54, 1.807) is 0 Å². The summed E-state index contributed by atoms with van der Waals surface area (Å²) in [4.78, 5) is 14.2. The van der Waals surface area contributed by atoms with Gasteiger partial charge in [0.05, 0.1) is 25.7 Å². The van der Waals surface area contributed by atoms with Crippen LogP contribution in [0.25, 0.3) is 0 Å². The summed E-state index contributed by atoms with van der Waals surface area (Å²) in [6.45, 7) is 6.02. The molecule has 0 aromatic heterocycles. The smallest absolute Gasteiger partial charge is 0.223 e. The topological polar surface area (TPSA) is 61.8 Å². The third-order valence-electron chi connectivity index (χ3n) is 3.83. The summed E-state index contributed by atoms with van der Waals surface area (Å²) >= 11 is 0. The number of ether oxygens (including phenoxy) is 1. The lowest BCUT2D eigenvalue weighted by molar-refractivity contribution is -0.123. The maximum absolute atomic E-state index is 11.9. The molecule has 1 heterocycles. The molecule has 1 amide bonds. The van der Waals surface area contributed by atoms with Crippen LogP contribution in [0.15, 0.2) is 30.3 Å². The minimum absolute atomic E-state index is 0.0971. The van der Waals surface area contributed by atoms with Gasteiger partial charge in [0.2, 0.25) is 5.91 Å². The highest BCUT2D eigenvalue weighted by Gasteiger charge is 2.18. The molecule has 116 valence electrons. The first-order valence-corrected chi connectivity index (χ1v) is 7.48. The predicted molar refractivity (Wildman–Crippen MR) is 80.9 cm³/mol. The average molecular weight is 292 g/mol. The molecule has 2 atom stereocenters. The van der Waals surface area contributed by atoms with E-state index in [0.717, 1.165) is 31.9 Å². The van der Waals surface area contributed by atoms with Crippen LogP contribution in [0, 0.1) is 0 Å². The van der Waals surface area contributed by atoms with Crippen LogP contribution >= 0.6 is 0 Å². The lowest BCUT2D eigenvalue weighted by Gasteiger charge is -2.32. The first-order valence-electron chi connectivity index (χ1n) is 7.48. The molecule has 0 aliphatic carbocycles. The Morgan fingerprint density at radius 1 is 1.33 bits per heavy atom. The summed E-state index contributed by atoms with van der Waals surface area (Å²) in [7, 11) is 0. The maximum Gasteiger partial charge on any atom is 0.223 e. The van der Waals surface area contributed by atoms with Crippen LogP contribution in [0.1, 0.15) is 25.0 Å². The molecule has 5 nitrogen and oxygen atoms in total. The van der Waals surface area contributed by atoms with Gasteiger partial charge in [-0.25, -0.2) is 0 Å². The molecule has 1 fully saturated rings. The Balaban J connectivity index is 1.71. The van der Waals surface area contributed by atoms with E-state index in [0.29, 0.717) is 6.54 Å². The van der Waals surface area contributed by atoms with Crippen molar-refractivity contribution in [3.05, 3.63) is 35.9 Å². The van der Waals surface area contributed by atoms with Crippen molar-refractivity contribution in [2.75, 3.05) is 32.8 Å². The largest absolute Gasteiger partial charge is 0.388 e. The van der Waals surface area contributed by atoms with Gasteiger partial charge in [0.1, 0.15) is 0 Å². The fraction of sp³-hybridized carbons (Fsp3) is 0.562. The number of hydrogen-bond donors (Lipinski definition) is 2. The van der Waals surface area contributed by atoms with E-state index in [2.05, 4.69) is 17.1 Å². The molecule has 0 bridgehead atoms. The molecule has 21 heavy (non-hydrogen) atoms. The zero-order chi connectivity index (χ0) is 15.1. The lowest BCUT2D eigenvalue weighted by atomic mass is 10.1. The number of hydrogen-bond acceptors (Lipinski definition) is 4. The van der Waals surface area contributed by atoms with Crippen LogP contribution in [0.5, 0.6) is 0 Å². The van der Waals surface area contributed by atoms with Crippen molar-refractivity contribution in [2.24, 2.45) is 0 Å². The standard InChI is InChI=1S/C16H24N2O3/c1-13(18-7-9-21-10-8-18)12-17-16(20)11-15(19)14-5-3-2-4-6-14/h2-6,13,15,19H,7-12H2,1H3,(H,17,20). The number of morpholine rings is 1. The van der Waals surface area contributed by atoms with E-state index in [4.69, 9.17) is 4.74 Å². The van der Waals surface area contributed by atoms with Crippen LogP contribution in [-0.2, 0) is 9.53 Å². The number of benzene rings is 1. The summed E-state index contributed by atoms with van der Waals surface area (Å²) < 4.78 is 5.32. The van der Waals surface area contributed by atoms with E-state index in [1.165, 1.54) is 0 Å². The molecular formula is C16H24N2O3. The Morgan fingerprint density at radius 3 is 2.67 bits per heavy atom. The van der Waals surface area contributed by atoms with Gasteiger partial charge in [-0.05, 0) is 12.5 Å². The Hall–Kier alpha value is -1.43. The van der Waals surface area contributed by atoms with Crippen LogP contribution in [0.3, 0.4) is 0 Å². The summed E-state index contributed by atoms with van der Waals surface area (Å²) in [5.74, 6) is -0.119. The fourth-order valence-electron chi connectivity index (χ4n) is 2.45. The summed E-state index contributed by atoms with van der Waals surface area (Å²) in [5, 5.41) is 12.9. The third kappa shape index (κ3) is 5.12. The highest BCUT2D eigenvalue weighted by atomic mass is 16.5. The average Bonchev–Trinajstić information content (AvgIpc) is 2.54. The van der Waals surface area contributed by atoms with Gasteiger partial charge in [0.25, 0.3) is 0 Å². The van der Waals surface area contributed by atoms with Crippen molar-refractivity contribution in [1.82, 2.24) is 10.2 Å². The van der Waals surface area contributed by atoms with Gasteiger partial charge in [0, 0.05) is 25.7 Å². The molecular weight excluding hydrogens is 268 g/mol. The van der Waals surface area contributed by atoms with Gasteiger partial charge in [-0.2, -0.15) is 0 Å². The quantitative estimate of drug-likeness (QED) is 0.819. The van der Waals surface area contributed by atoms with Crippen molar-refractivity contribution in [2.45, 2.75) is 25.5 Å². The predicted octanol–water partition coefficient (Wildman–Crippen LogP) is 0.947. The van der Waals surface area contributed by atoms with Gasteiger partial charge < -0.3 is 15.2 Å². The molecule has 1 saturated heterocycles. The van der Waals surface area contributed by atoms with Crippen molar-refractivity contribution in [1.29, 1.82) is 0 Å². The monoisotopic (exact) mass is 292 g/mol. The van der Waals surface area contributed by atoms with E-state index >= 15 is 0 Å². The highest BCUT2D eigenvalue weighted by Crippen LogP contribution is 2.15. The van der Waals surface area contributed by atoms with Crippen LogP contribution in [0.2, 0.25) is 0 Å². The molecule has 1 aliphatic heterocycles. The number of carbonyl (C=O) groups is 1. The lowest BCUT2D eigenvalue weighted by Crippen LogP contribution is -2.47. The molecule has 2 unspecified atom stereocenters. The second-order valence-electron chi connectivity index (χ2n) is 5.43. The Kier molecular flexibility index (Phi) is 6.17. The van der Waals surface area contributed by atoms with Crippen molar-refractivity contribution in [3.63, 3.8) is 0 Å². The molecule has 1 aliphatic rings. The van der Waals surface area contributed by atoms with Crippen molar-refractivity contribution < 1.29 is 14.6 Å². The second-order valence-corrected chi connectivity index (χ2v) is 5.43. The number of aliphatic hydroxyl groups is 1. The van der Waals surface area contributed by atoms with Crippen LogP contribution < -0.4 is 5.32 Å². The maximum atomic E-state index is 11.9.